The highest BCUT2D eigenvalue weighted by Gasteiger charge is 2.29. The van der Waals surface area contributed by atoms with E-state index in [4.69, 9.17) is 5.73 Å². The minimum absolute atomic E-state index is 0.406. The Bertz CT molecular complexity index is 452. The number of nitrogens with two attached hydrogens (primary N) is 1. The van der Waals surface area contributed by atoms with Crippen molar-refractivity contribution in [3.05, 3.63) is 35.4 Å². The molecule has 1 saturated carbocycles. The second kappa shape index (κ2) is 5.87. The molecule has 2 fully saturated rings. The molecule has 2 N–H and O–H groups in total. The van der Waals surface area contributed by atoms with Gasteiger partial charge in [-0.3, -0.25) is 4.90 Å². The first-order chi connectivity index (χ1) is 9.69. The van der Waals surface area contributed by atoms with Crippen molar-refractivity contribution in [3.8, 4) is 0 Å². The second-order valence-corrected chi connectivity index (χ2v) is 6.93. The van der Waals surface area contributed by atoms with E-state index < -0.39 is 0 Å². The van der Waals surface area contributed by atoms with E-state index in [-0.39, 0.29) is 0 Å². The summed E-state index contributed by atoms with van der Waals surface area (Å²) in [5, 5.41) is 0. The molecular formula is C18H28N2. The van der Waals surface area contributed by atoms with Crippen molar-refractivity contribution in [1.82, 2.24) is 4.90 Å². The van der Waals surface area contributed by atoms with E-state index >= 15 is 0 Å². The van der Waals surface area contributed by atoms with Crippen LogP contribution in [-0.2, 0) is 0 Å². The fourth-order valence-electron chi connectivity index (χ4n) is 3.51. The van der Waals surface area contributed by atoms with E-state index in [9.17, 15) is 0 Å². The summed E-state index contributed by atoms with van der Waals surface area (Å²) < 4.78 is 0. The lowest BCUT2D eigenvalue weighted by molar-refractivity contribution is 0.0983. The van der Waals surface area contributed by atoms with E-state index in [1.807, 2.05) is 0 Å². The van der Waals surface area contributed by atoms with Crippen LogP contribution in [0.5, 0.6) is 0 Å². The summed E-state index contributed by atoms with van der Waals surface area (Å²) in [5.41, 5.74) is 9.07. The molecule has 1 heterocycles. The van der Waals surface area contributed by atoms with Crippen molar-refractivity contribution < 1.29 is 0 Å². The van der Waals surface area contributed by atoms with Crippen LogP contribution in [-0.4, -0.2) is 24.5 Å². The Hall–Kier alpha value is -0.860. The molecule has 1 aliphatic carbocycles. The number of rotatable bonds is 4. The first kappa shape index (κ1) is 14.1. The number of benzene rings is 1. The van der Waals surface area contributed by atoms with Crippen LogP contribution in [0.2, 0.25) is 0 Å². The standard InChI is InChI=1S/C18H28N2/c1-13-8-9-20(12-14(13)2)18(11-19)17-5-3-4-16(10-17)15-6-7-15/h3-5,10,13-15,18H,6-9,11-12,19H2,1-2H3. The van der Waals surface area contributed by atoms with Crippen molar-refractivity contribution >= 4 is 0 Å². The number of piperidine rings is 1. The highest BCUT2D eigenvalue weighted by molar-refractivity contribution is 5.31. The highest BCUT2D eigenvalue weighted by Crippen LogP contribution is 2.41. The molecule has 2 aliphatic rings. The van der Waals surface area contributed by atoms with Gasteiger partial charge in [-0.15, -0.1) is 0 Å². The molecule has 2 heteroatoms. The lowest BCUT2D eigenvalue weighted by atomic mass is 9.87. The quantitative estimate of drug-likeness (QED) is 0.908. The summed E-state index contributed by atoms with van der Waals surface area (Å²) in [5.74, 6) is 2.46. The third kappa shape index (κ3) is 2.91. The van der Waals surface area contributed by atoms with Gasteiger partial charge in [0.1, 0.15) is 0 Å². The van der Waals surface area contributed by atoms with Gasteiger partial charge in [0.05, 0.1) is 0 Å². The zero-order chi connectivity index (χ0) is 14.1. The first-order valence-electron chi connectivity index (χ1n) is 8.23. The fraction of sp³-hybridized carbons (Fsp3) is 0.667. The van der Waals surface area contributed by atoms with E-state index in [0.29, 0.717) is 6.04 Å². The summed E-state index contributed by atoms with van der Waals surface area (Å²) in [6, 6.07) is 9.60. The summed E-state index contributed by atoms with van der Waals surface area (Å²) in [6.45, 7) is 7.88. The molecule has 0 radical (unpaired) electrons. The summed E-state index contributed by atoms with van der Waals surface area (Å²) in [4.78, 5) is 2.61. The maximum atomic E-state index is 6.12. The van der Waals surface area contributed by atoms with Crippen LogP contribution >= 0.6 is 0 Å². The molecular weight excluding hydrogens is 244 g/mol. The molecule has 0 spiro atoms. The van der Waals surface area contributed by atoms with E-state index in [2.05, 4.69) is 43.0 Å². The summed E-state index contributed by atoms with van der Waals surface area (Å²) in [6.07, 6.45) is 4.05. The maximum absolute atomic E-state index is 6.12. The normalized spacial score (nSPS) is 29.4. The topological polar surface area (TPSA) is 29.3 Å². The molecule has 20 heavy (non-hydrogen) atoms. The SMILES string of the molecule is CC1CCN(C(CN)c2cccc(C3CC3)c2)CC1C. The fourth-order valence-corrected chi connectivity index (χ4v) is 3.51. The largest absolute Gasteiger partial charge is 0.329 e. The zero-order valence-electron chi connectivity index (χ0n) is 12.9. The average molecular weight is 272 g/mol. The molecule has 0 aromatic heterocycles. The molecule has 110 valence electrons. The van der Waals surface area contributed by atoms with Gasteiger partial charge >= 0.3 is 0 Å². The molecule has 3 unspecified atom stereocenters. The van der Waals surface area contributed by atoms with Crippen molar-refractivity contribution in [2.75, 3.05) is 19.6 Å². The number of hydrogen-bond donors (Lipinski definition) is 1. The van der Waals surface area contributed by atoms with Crippen LogP contribution in [0.25, 0.3) is 0 Å². The summed E-state index contributed by atoms with van der Waals surface area (Å²) in [7, 11) is 0. The molecule has 1 saturated heterocycles. The van der Waals surface area contributed by atoms with Crippen molar-refractivity contribution in [2.24, 2.45) is 17.6 Å². The van der Waals surface area contributed by atoms with Crippen LogP contribution in [0, 0.1) is 11.8 Å². The zero-order valence-corrected chi connectivity index (χ0v) is 12.9. The van der Waals surface area contributed by atoms with Gasteiger partial charge in [0, 0.05) is 19.1 Å². The van der Waals surface area contributed by atoms with Gasteiger partial charge in [-0.2, -0.15) is 0 Å². The second-order valence-electron chi connectivity index (χ2n) is 6.93. The van der Waals surface area contributed by atoms with Crippen molar-refractivity contribution in [2.45, 2.75) is 45.1 Å². The van der Waals surface area contributed by atoms with Crippen LogP contribution in [0.4, 0.5) is 0 Å². The predicted octanol–water partition coefficient (Wildman–Crippen LogP) is 3.54. The van der Waals surface area contributed by atoms with E-state index in [1.54, 1.807) is 0 Å². The molecule has 1 aromatic carbocycles. The Morgan fingerprint density at radius 1 is 1.20 bits per heavy atom. The van der Waals surface area contributed by atoms with Crippen LogP contribution < -0.4 is 5.73 Å². The van der Waals surface area contributed by atoms with Crippen LogP contribution in [0.1, 0.15) is 56.2 Å². The van der Waals surface area contributed by atoms with Gasteiger partial charge in [-0.1, -0.05) is 38.1 Å². The Morgan fingerprint density at radius 2 is 2.00 bits per heavy atom. The van der Waals surface area contributed by atoms with Gasteiger partial charge in [0.25, 0.3) is 0 Å². The van der Waals surface area contributed by atoms with Crippen LogP contribution in [0.3, 0.4) is 0 Å². The Balaban J connectivity index is 1.77. The van der Waals surface area contributed by atoms with Gasteiger partial charge in [0.2, 0.25) is 0 Å². The monoisotopic (exact) mass is 272 g/mol. The van der Waals surface area contributed by atoms with Gasteiger partial charge in [-0.25, -0.2) is 0 Å². The Kier molecular flexibility index (Phi) is 4.13. The van der Waals surface area contributed by atoms with Gasteiger partial charge in [0.15, 0.2) is 0 Å². The van der Waals surface area contributed by atoms with Gasteiger partial charge in [-0.05, 0) is 54.7 Å². The molecule has 3 atom stereocenters. The van der Waals surface area contributed by atoms with Gasteiger partial charge < -0.3 is 5.73 Å². The molecule has 2 nitrogen and oxygen atoms in total. The molecule has 3 rings (SSSR count). The van der Waals surface area contributed by atoms with Crippen molar-refractivity contribution in [3.63, 3.8) is 0 Å². The van der Waals surface area contributed by atoms with Crippen molar-refractivity contribution in [1.29, 1.82) is 0 Å². The minimum atomic E-state index is 0.406. The Labute approximate surface area is 123 Å². The highest BCUT2D eigenvalue weighted by atomic mass is 15.2. The lowest BCUT2D eigenvalue weighted by Crippen LogP contribution is -2.43. The smallest absolute Gasteiger partial charge is 0.0470 e. The average Bonchev–Trinajstić information content (AvgIpc) is 3.28. The molecule has 0 bridgehead atoms. The Morgan fingerprint density at radius 3 is 2.65 bits per heavy atom. The predicted molar refractivity (Wildman–Crippen MR) is 84.7 cm³/mol. The lowest BCUT2D eigenvalue weighted by Gasteiger charge is -2.40. The number of hydrogen-bond acceptors (Lipinski definition) is 2. The number of likely N-dealkylation sites (tertiary alicyclic amines) is 1. The molecule has 1 aliphatic heterocycles. The maximum Gasteiger partial charge on any atom is 0.0470 e. The third-order valence-corrected chi connectivity index (χ3v) is 5.37. The minimum Gasteiger partial charge on any atom is -0.329 e. The molecule has 0 amide bonds. The first-order valence-corrected chi connectivity index (χ1v) is 8.23. The summed E-state index contributed by atoms with van der Waals surface area (Å²) >= 11 is 0. The third-order valence-electron chi connectivity index (χ3n) is 5.37. The van der Waals surface area contributed by atoms with E-state index in [0.717, 1.165) is 24.3 Å². The van der Waals surface area contributed by atoms with Crippen LogP contribution in [0.15, 0.2) is 24.3 Å². The van der Waals surface area contributed by atoms with E-state index in [1.165, 1.54) is 43.5 Å². The number of nitrogens with zero attached hydrogens (tertiary/aromatic N) is 1. The molecule has 1 aromatic rings.